The van der Waals surface area contributed by atoms with Gasteiger partial charge in [0.25, 0.3) is 0 Å². The van der Waals surface area contributed by atoms with Crippen molar-refractivity contribution in [1.29, 1.82) is 0 Å². The van der Waals surface area contributed by atoms with E-state index in [9.17, 15) is 9.18 Å². The second kappa shape index (κ2) is 6.11. The zero-order valence-corrected chi connectivity index (χ0v) is 11.7. The van der Waals surface area contributed by atoms with Gasteiger partial charge >= 0.3 is 5.97 Å². The first-order valence-corrected chi connectivity index (χ1v) is 6.39. The number of nitrogens with two attached hydrogens (primary N) is 1. The van der Waals surface area contributed by atoms with Gasteiger partial charge in [-0.15, -0.1) is 0 Å². The Bertz CT molecular complexity index is 621. The van der Waals surface area contributed by atoms with Crippen molar-refractivity contribution in [2.45, 2.75) is 6.61 Å². The van der Waals surface area contributed by atoms with Crippen LogP contribution in [0.1, 0.15) is 15.9 Å². The quantitative estimate of drug-likeness (QED) is 0.686. The summed E-state index contributed by atoms with van der Waals surface area (Å²) in [5, 5.41) is 0.785. The lowest BCUT2D eigenvalue weighted by molar-refractivity contribution is 0.0472. The van der Waals surface area contributed by atoms with Crippen molar-refractivity contribution in [3.05, 3.63) is 63.4 Å². The van der Waals surface area contributed by atoms with Crippen molar-refractivity contribution < 1.29 is 13.9 Å². The van der Waals surface area contributed by atoms with E-state index in [4.69, 9.17) is 33.7 Å². The van der Waals surface area contributed by atoms with Gasteiger partial charge in [0.05, 0.1) is 5.56 Å². The van der Waals surface area contributed by atoms with Crippen LogP contribution in [0.5, 0.6) is 0 Å². The van der Waals surface area contributed by atoms with Crippen LogP contribution in [0.25, 0.3) is 0 Å². The molecule has 2 rings (SSSR count). The number of nitrogen functional groups attached to an aromatic ring is 1. The zero-order valence-electron chi connectivity index (χ0n) is 10.2. The molecule has 0 aromatic heterocycles. The van der Waals surface area contributed by atoms with Gasteiger partial charge in [-0.1, -0.05) is 29.3 Å². The molecule has 0 heterocycles. The van der Waals surface area contributed by atoms with E-state index in [2.05, 4.69) is 0 Å². The molecule has 0 amide bonds. The number of halogens is 3. The SMILES string of the molecule is Nc1cc(F)cc(C(=O)OCc2c(Cl)cccc2Cl)c1. The molecular formula is C14H10Cl2FNO2. The summed E-state index contributed by atoms with van der Waals surface area (Å²) in [6.07, 6.45) is 0. The molecule has 20 heavy (non-hydrogen) atoms. The summed E-state index contributed by atoms with van der Waals surface area (Å²) >= 11 is 11.9. The molecule has 3 nitrogen and oxygen atoms in total. The first kappa shape index (κ1) is 14.6. The summed E-state index contributed by atoms with van der Waals surface area (Å²) in [5.41, 5.74) is 6.14. The molecule has 0 fully saturated rings. The molecule has 2 aromatic carbocycles. The number of carbonyl (C=O) groups is 1. The second-order valence-corrected chi connectivity index (χ2v) is 4.86. The van der Waals surface area contributed by atoms with Crippen molar-refractivity contribution in [3.63, 3.8) is 0 Å². The Labute approximate surface area is 125 Å². The van der Waals surface area contributed by atoms with E-state index in [0.717, 1.165) is 12.1 Å². The summed E-state index contributed by atoms with van der Waals surface area (Å²) in [7, 11) is 0. The van der Waals surface area contributed by atoms with E-state index in [1.807, 2.05) is 0 Å². The standard InChI is InChI=1S/C14H10Cl2FNO2/c15-12-2-1-3-13(16)11(12)7-20-14(19)8-4-9(17)6-10(18)5-8/h1-6H,7,18H2. The lowest BCUT2D eigenvalue weighted by atomic mass is 10.2. The molecular weight excluding hydrogens is 304 g/mol. The minimum absolute atomic E-state index is 0.0330. The highest BCUT2D eigenvalue weighted by Crippen LogP contribution is 2.25. The normalized spacial score (nSPS) is 10.3. The number of rotatable bonds is 3. The highest BCUT2D eigenvalue weighted by molar-refractivity contribution is 6.35. The number of carbonyl (C=O) groups excluding carboxylic acids is 1. The van der Waals surface area contributed by atoms with Crippen LogP contribution >= 0.6 is 23.2 Å². The largest absolute Gasteiger partial charge is 0.457 e. The lowest BCUT2D eigenvalue weighted by Gasteiger charge is -2.08. The van der Waals surface area contributed by atoms with Crippen molar-refractivity contribution in [3.8, 4) is 0 Å². The topological polar surface area (TPSA) is 52.3 Å². The van der Waals surface area contributed by atoms with Gasteiger partial charge in [0.2, 0.25) is 0 Å². The molecule has 104 valence electrons. The summed E-state index contributed by atoms with van der Waals surface area (Å²) in [5.74, 6) is -1.31. The molecule has 0 saturated carbocycles. The Kier molecular flexibility index (Phi) is 4.47. The van der Waals surface area contributed by atoms with Crippen LogP contribution < -0.4 is 5.73 Å². The maximum absolute atomic E-state index is 13.1. The van der Waals surface area contributed by atoms with Gasteiger partial charge in [-0.05, 0) is 30.3 Å². The van der Waals surface area contributed by atoms with Crippen LogP contribution in [0.3, 0.4) is 0 Å². The molecule has 6 heteroatoms. The van der Waals surface area contributed by atoms with Gasteiger partial charge in [0.1, 0.15) is 12.4 Å². The number of anilines is 1. The Morgan fingerprint density at radius 3 is 2.45 bits per heavy atom. The fourth-order valence-electron chi connectivity index (χ4n) is 1.62. The highest BCUT2D eigenvalue weighted by atomic mass is 35.5. The Morgan fingerprint density at radius 2 is 1.85 bits per heavy atom. The maximum atomic E-state index is 13.1. The van der Waals surface area contributed by atoms with Gasteiger partial charge in [-0.3, -0.25) is 0 Å². The van der Waals surface area contributed by atoms with Gasteiger partial charge in [-0.2, -0.15) is 0 Å². The van der Waals surface area contributed by atoms with Gasteiger partial charge in [-0.25, -0.2) is 9.18 Å². The van der Waals surface area contributed by atoms with Gasteiger partial charge in [0.15, 0.2) is 0 Å². The molecule has 0 atom stereocenters. The van der Waals surface area contributed by atoms with Crippen molar-refractivity contribution in [2.24, 2.45) is 0 Å². The van der Waals surface area contributed by atoms with Crippen LogP contribution in [0.15, 0.2) is 36.4 Å². The summed E-state index contributed by atoms with van der Waals surface area (Å²) in [6, 6.07) is 8.45. The molecule has 0 aliphatic heterocycles. The summed E-state index contributed by atoms with van der Waals surface area (Å²) in [6.45, 7) is -0.103. The number of hydrogen-bond acceptors (Lipinski definition) is 3. The van der Waals surface area contributed by atoms with Crippen molar-refractivity contribution in [1.82, 2.24) is 0 Å². The molecule has 0 radical (unpaired) electrons. The van der Waals surface area contributed by atoms with Gasteiger partial charge in [0, 0.05) is 21.3 Å². The number of ether oxygens (including phenoxy) is 1. The molecule has 0 aliphatic rings. The second-order valence-electron chi connectivity index (χ2n) is 4.05. The smallest absolute Gasteiger partial charge is 0.338 e. The minimum Gasteiger partial charge on any atom is -0.457 e. The van der Waals surface area contributed by atoms with Crippen molar-refractivity contribution >= 4 is 34.9 Å². The Morgan fingerprint density at radius 1 is 1.20 bits per heavy atom. The third-order valence-electron chi connectivity index (χ3n) is 2.57. The first-order chi connectivity index (χ1) is 9.47. The molecule has 0 aliphatic carbocycles. The third-order valence-corrected chi connectivity index (χ3v) is 3.27. The minimum atomic E-state index is -0.702. The van der Waals surface area contributed by atoms with E-state index >= 15 is 0 Å². The van der Waals surface area contributed by atoms with E-state index in [0.29, 0.717) is 15.6 Å². The number of benzene rings is 2. The van der Waals surface area contributed by atoms with Crippen LogP contribution in [0.4, 0.5) is 10.1 Å². The predicted molar refractivity (Wildman–Crippen MR) is 76.4 cm³/mol. The first-order valence-electron chi connectivity index (χ1n) is 5.63. The fraction of sp³-hybridized carbons (Fsp3) is 0.0714. The number of hydrogen-bond donors (Lipinski definition) is 1. The average molecular weight is 314 g/mol. The van der Waals surface area contributed by atoms with E-state index < -0.39 is 11.8 Å². The monoisotopic (exact) mass is 313 g/mol. The van der Waals surface area contributed by atoms with Crippen molar-refractivity contribution in [2.75, 3.05) is 5.73 Å². The Balaban J connectivity index is 2.13. The third kappa shape index (κ3) is 3.40. The predicted octanol–water partition coefficient (Wildman–Crippen LogP) is 4.07. The summed E-state index contributed by atoms with van der Waals surface area (Å²) in [4.78, 5) is 11.8. The molecule has 0 bridgehead atoms. The Hall–Kier alpha value is -1.78. The molecule has 0 unspecified atom stereocenters. The zero-order chi connectivity index (χ0) is 14.7. The van der Waals surface area contributed by atoms with Crippen LogP contribution in [0.2, 0.25) is 10.0 Å². The molecule has 2 aromatic rings. The summed E-state index contributed by atoms with van der Waals surface area (Å²) < 4.78 is 18.2. The molecule has 0 saturated heterocycles. The van der Waals surface area contributed by atoms with Crippen LogP contribution in [0, 0.1) is 5.82 Å². The lowest BCUT2D eigenvalue weighted by Crippen LogP contribution is -2.07. The van der Waals surface area contributed by atoms with E-state index in [-0.39, 0.29) is 17.9 Å². The van der Waals surface area contributed by atoms with Crippen LogP contribution in [-0.2, 0) is 11.3 Å². The van der Waals surface area contributed by atoms with E-state index in [1.165, 1.54) is 6.07 Å². The fourth-order valence-corrected chi connectivity index (χ4v) is 2.13. The molecule has 0 spiro atoms. The van der Waals surface area contributed by atoms with E-state index in [1.54, 1.807) is 18.2 Å². The van der Waals surface area contributed by atoms with Crippen LogP contribution in [-0.4, -0.2) is 5.97 Å². The highest BCUT2D eigenvalue weighted by Gasteiger charge is 2.12. The number of esters is 1. The average Bonchev–Trinajstić information content (AvgIpc) is 2.36. The van der Waals surface area contributed by atoms with Gasteiger partial charge < -0.3 is 10.5 Å². The molecule has 2 N–H and O–H groups in total. The maximum Gasteiger partial charge on any atom is 0.338 e.